The van der Waals surface area contributed by atoms with Crippen LogP contribution in [0.2, 0.25) is 0 Å². The number of carbonyl (C=O) groups is 2. The molecule has 0 radical (unpaired) electrons. The molecule has 194 valence electrons. The molecule has 6 nitrogen and oxygen atoms in total. The second-order valence-corrected chi connectivity index (χ2v) is 10.2. The Bertz CT molecular complexity index is 1220. The first-order chi connectivity index (χ1) is 18.0. The van der Waals surface area contributed by atoms with E-state index in [1.54, 1.807) is 14.2 Å². The fourth-order valence-corrected chi connectivity index (χ4v) is 5.95. The van der Waals surface area contributed by atoms with Gasteiger partial charge in [0, 0.05) is 29.3 Å². The number of hydrogen-bond donors (Lipinski definition) is 1. The van der Waals surface area contributed by atoms with Gasteiger partial charge in [0.15, 0.2) is 5.78 Å². The van der Waals surface area contributed by atoms with Crippen molar-refractivity contribution in [3.05, 3.63) is 82.2 Å². The second-order valence-electron chi connectivity index (χ2n) is 10.2. The molecule has 0 saturated heterocycles. The zero-order chi connectivity index (χ0) is 25.9. The molecule has 1 aliphatic heterocycles. The molecular formula is C31H35NO5. The number of rotatable bonds is 6. The van der Waals surface area contributed by atoms with Crippen molar-refractivity contribution in [3.63, 3.8) is 0 Å². The van der Waals surface area contributed by atoms with E-state index in [0.29, 0.717) is 24.0 Å². The Kier molecular flexibility index (Phi) is 7.36. The van der Waals surface area contributed by atoms with Crippen molar-refractivity contribution in [3.8, 4) is 11.5 Å². The molecule has 2 aliphatic carbocycles. The summed E-state index contributed by atoms with van der Waals surface area (Å²) in [6.45, 7) is 1.92. The maximum Gasteiger partial charge on any atom is 0.337 e. The Morgan fingerprint density at radius 1 is 0.838 bits per heavy atom. The van der Waals surface area contributed by atoms with Crippen LogP contribution in [-0.2, 0) is 14.3 Å². The molecule has 2 atom stereocenters. The van der Waals surface area contributed by atoms with E-state index in [2.05, 4.69) is 5.32 Å². The highest BCUT2D eigenvalue weighted by molar-refractivity contribution is 6.04. The van der Waals surface area contributed by atoms with Gasteiger partial charge in [0.25, 0.3) is 0 Å². The number of ketones is 1. The van der Waals surface area contributed by atoms with Gasteiger partial charge in [-0.3, -0.25) is 4.79 Å². The Balaban J connectivity index is 1.50. The first-order valence-corrected chi connectivity index (χ1v) is 13.2. The average Bonchev–Trinajstić information content (AvgIpc) is 2.92. The summed E-state index contributed by atoms with van der Waals surface area (Å²) in [5.74, 6) is 0.849. The van der Waals surface area contributed by atoms with Crippen LogP contribution < -0.4 is 14.8 Å². The van der Waals surface area contributed by atoms with Crippen LogP contribution in [0, 0.1) is 0 Å². The fourth-order valence-electron chi connectivity index (χ4n) is 5.95. The number of dihydropyridines is 1. The zero-order valence-electron chi connectivity index (χ0n) is 21.8. The molecule has 0 bridgehead atoms. The summed E-state index contributed by atoms with van der Waals surface area (Å²) in [4.78, 5) is 27.4. The van der Waals surface area contributed by atoms with Gasteiger partial charge < -0.3 is 19.5 Å². The monoisotopic (exact) mass is 501 g/mol. The number of methoxy groups -OCH3 is 2. The van der Waals surface area contributed by atoms with E-state index in [1.165, 1.54) is 6.42 Å². The maximum atomic E-state index is 13.8. The van der Waals surface area contributed by atoms with Gasteiger partial charge in [-0.2, -0.15) is 0 Å². The summed E-state index contributed by atoms with van der Waals surface area (Å²) in [5.41, 5.74) is 4.85. The first kappa shape index (κ1) is 25.1. The number of nitrogens with one attached hydrogen (secondary N) is 1. The van der Waals surface area contributed by atoms with Gasteiger partial charge in [-0.25, -0.2) is 4.79 Å². The summed E-state index contributed by atoms with van der Waals surface area (Å²) in [6.07, 6.45) is 6.17. The highest BCUT2D eigenvalue weighted by Gasteiger charge is 2.42. The third kappa shape index (κ3) is 5.15. The standard InChI is InChI=1S/C31H35NO5/c1-19-28(31(34)37-25-7-5-4-6-8-25)29(21-11-15-24(36-3)16-12-21)30-26(32-19)17-22(18-27(30)33)20-9-13-23(35-2)14-10-20/h9-16,22,25,29,32H,4-8,17-18H2,1-3H3. The second kappa shape index (κ2) is 10.8. The van der Waals surface area contributed by atoms with Crippen molar-refractivity contribution >= 4 is 11.8 Å². The Morgan fingerprint density at radius 3 is 2.03 bits per heavy atom. The molecule has 6 heteroatoms. The SMILES string of the molecule is COc1ccc(C2CC(=O)C3=C(C2)NC(C)=C(C(=O)OC2CCCCC2)C3c2ccc(OC)cc2)cc1. The summed E-state index contributed by atoms with van der Waals surface area (Å²) in [7, 11) is 3.27. The van der Waals surface area contributed by atoms with E-state index in [1.807, 2.05) is 55.5 Å². The number of carbonyl (C=O) groups excluding carboxylic acids is 2. The molecular weight excluding hydrogens is 466 g/mol. The lowest BCUT2D eigenvalue weighted by molar-refractivity contribution is -0.146. The molecule has 2 unspecified atom stereocenters. The minimum atomic E-state index is -0.470. The molecule has 0 spiro atoms. The lowest BCUT2D eigenvalue weighted by Crippen LogP contribution is -2.37. The topological polar surface area (TPSA) is 73.9 Å². The predicted octanol–water partition coefficient (Wildman–Crippen LogP) is 5.94. The summed E-state index contributed by atoms with van der Waals surface area (Å²) in [5, 5.41) is 3.45. The van der Waals surface area contributed by atoms with Crippen molar-refractivity contribution in [1.29, 1.82) is 0 Å². The van der Waals surface area contributed by atoms with E-state index in [4.69, 9.17) is 14.2 Å². The number of Topliss-reactive ketones (excluding diaryl/α,β-unsaturated/α-hetero) is 1. The lowest BCUT2D eigenvalue weighted by Gasteiger charge is -2.37. The number of allylic oxidation sites excluding steroid dienone is 3. The van der Waals surface area contributed by atoms with Gasteiger partial charge in [-0.1, -0.05) is 30.7 Å². The molecule has 1 N–H and O–H groups in total. The molecule has 2 aromatic rings. The van der Waals surface area contributed by atoms with Crippen LogP contribution >= 0.6 is 0 Å². The van der Waals surface area contributed by atoms with Crippen LogP contribution in [0.15, 0.2) is 71.1 Å². The summed E-state index contributed by atoms with van der Waals surface area (Å²) >= 11 is 0. The number of ether oxygens (including phenoxy) is 3. The number of benzene rings is 2. The van der Waals surface area contributed by atoms with Gasteiger partial charge in [0.2, 0.25) is 0 Å². The van der Waals surface area contributed by atoms with Gasteiger partial charge in [-0.05, 0) is 80.3 Å². The van der Waals surface area contributed by atoms with Crippen molar-refractivity contribution in [2.24, 2.45) is 0 Å². The van der Waals surface area contributed by atoms with Crippen molar-refractivity contribution in [2.75, 3.05) is 14.2 Å². The van der Waals surface area contributed by atoms with Crippen LogP contribution in [0.4, 0.5) is 0 Å². The third-order valence-corrected chi connectivity index (χ3v) is 7.91. The van der Waals surface area contributed by atoms with Gasteiger partial charge >= 0.3 is 5.97 Å². The highest BCUT2D eigenvalue weighted by Crippen LogP contribution is 2.46. The van der Waals surface area contributed by atoms with Crippen molar-refractivity contribution < 1.29 is 23.8 Å². The molecule has 1 saturated carbocycles. The highest BCUT2D eigenvalue weighted by atomic mass is 16.5. The van der Waals surface area contributed by atoms with E-state index in [9.17, 15) is 9.59 Å². The minimum Gasteiger partial charge on any atom is -0.497 e. The predicted molar refractivity (Wildman–Crippen MR) is 142 cm³/mol. The molecule has 3 aliphatic rings. The van der Waals surface area contributed by atoms with Crippen LogP contribution in [0.5, 0.6) is 11.5 Å². The van der Waals surface area contributed by atoms with Gasteiger partial charge in [-0.15, -0.1) is 0 Å². The Morgan fingerprint density at radius 2 is 1.43 bits per heavy atom. The lowest BCUT2D eigenvalue weighted by atomic mass is 9.71. The minimum absolute atomic E-state index is 0.0599. The van der Waals surface area contributed by atoms with Crippen molar-refractivity contribution in [2.45, 2.75) is 69.8 Å². The van der Waals surface area contributed by atoms with E-state index in [-0.39, 0.29) is 23.8 Å². The first-order valence-electron chi connectivity index (χ1n) is 13.2. The Hall–Kier alpha value is -3.54. The van der Waals surface area contributed by atoms with E-state index < -0.39 is 5.92 Å². The van der Waals surface area contributed by atoms with Gasteiger partial charge in [0.05, 0.1) is 19.8 Å². The average molecular weight is 502 g/mol. The molecule has 0 aromatic heterocycles. The van der Waals surface area contributed by atoms with Crippen LogP contribution in [-0.4, -0.2) is 32.1 Å². The summed E-state index contributed by atoms with van der Waals surface area (Å²) < 4.78 is 16.7. The molecule has 1 fully saturated rings. The normalized spacial score (nSPS) is 22.3. The smallest absolute Gasteiger partial charge is 0.337 e. The largest absolute Gasteiger partial charge is 0.497 e. The molecule has 1 heterocycles. The van der Waals surface area contributed by atoms with E-state index in [0.717, 1.165) is 59.7 Å². The molecule has 37 heavy (non-hydrogen) atoms. The number of hydrogen-bond acceptors (Lipinski definition) is 6. The maximum absolute atomic E-state index is 13.8. The van der Waals surface area contributed by atoms with Gasteiger partial charge in [0.1, 0.15) is 17.6 Å². The summed E-state index contributed by atoms with van der Waals surface area (Å²) in [6, 6.07) is 15.6. The van der Waals surface area contributed by atoms with E-state index >= 15 is 0 Å². The fraction of sp³-hybridized carbons (Fsp3) is 0.419. The van der Waals surface area contributed by atoms with Crippen LogP contribution in [0.1, 0.15) is 74.8 Å². The Labute approximate surface area is 218 Å². The van der Waals surface area contributed by atoms with Crippen LogP contribution in [0.3, 0.4) is 0 Å². The number of esters is 1. The zero-order valence-corrected chi connectivity index (χ0v) is 21.8. The molecule has 0 amide bonds. The third-order valence-electron chi connectivity index (χ3n) is 7.91. The molecule has 5 rings (SSSR count). The quantitative estimate of drug-likeness (QED) is 0.494. The molecule has 2 aromatic carbocycles. The van der Waals surface area contributed by atoms with Crippen molar-refractivity contribution in [1.82, 2.24) is 5.32 Å². The van der Waals surface area contributed by atoms with Crippen LogP contribution in [0.25, 0.3) is 0 Å².